The molecule has 0 bridgehead atoms. The fourth-order valence-corrected chi connectivity index (χ4v) is 12.4. The number of piperazine rings is 1. The molecule has 11 aromatic rings. The highest BCUT2D eigenvalue weighted by Crippen LogP contribution is 2.47. The molecule has 0 radical (unpaired) electrons. The number of anilines is 2. The van der Waals surface area contributed by atoms with Gasteiger partial charge in [-0.05, 0) is 159 Å². The van der Waals surface area contributed by atoms with E-state index in [2.05, 4.69) is 123 Å². The van der Waals surface area contributed by atoms with Crippen molar-refractivity contribution in [2.24, 2.45) is 0 Å². The molecular weight excluding hydrogens is 1020 g/mol. The number of hydrogen-bond acceptors (Lipinski definition) is 13. The first kappa shape index (κ1) is 50.6. The van der Waals surface area contributed by atoms with Crippen LogP contribution in [0.3, 0.4) is 0 Å². The molecule has 1 N–H and O–H groups in total. The Labute approximate surface area is 475 Å². The van der Waals surface area contributed by atoms with E-state index in [9.17, 15) is 4.79 Å². The van der Waals surface area contributed by atoms with Gasteiger partial charge in [-0.3, -0.25) is 15.0 Å². The van der Waals surface area contributed by atoms with Crippen molar-refractivity contribution in [2.45, 2.75) is 76.4 Å². The van der Waals surface area contributed by atoms with E-state index >= 15 is 0 Å². The summed E-state index contributed by atoms with van der Waals surface area (Å²) >= 11 is 0. The Morgan fingerprint density at radius 3 is 2.01 bits per heavy atom. The molecule has 3 aliphatic rings. The Morgan fingerprint density at radius 1 is 0.598 bits per heavy atom. The number of nitrogens with one attached hydrogen (secondary N) is 1. The van der Waals surface area contributed by atoms with Crippen molar-refractivity contribution in [3.8, 4) is 45.3 Å². The highest BCUT2D eigenvalue weighted by Gasteiger charge is 2.34. The normalized spacial score (nSPS) is 17.0. The van der Waals surface area contributed by atoms with E-state index in [0.717, 1.165) is 110 Å². The van der Waals surface area contributed by atoms with Gasteiger partial charge < -0.3 is 19.9 Å². The van der Waals surface area contributed by atoms with Gasteiger partial charge in [-0.15, -0.1) is 0 Å². The zero-order valence-electron chi connectivity index (χ0n) is 46.1. The number of amides is 1. The van der Waals surface area contributed by atoms with Crippen LogP contribution in [0.25, 0.3) is 78.0 Å². The minimum Gasteiger partial charge on any atom is -0.444 e. The smallest absolute Gasteiger partial charge is 0.410 e. The lowest BCUT2D eigenvalue weighted by Gasteiger charge is -2.36. The number of nitrogens with zero attached hydrogens (tertiary/aromatic N) is 11. The van der Waals surface area contributed by atoms with E-state index < -0.39 is 5.60 Å². The molecule has 2 aliphatic carbocycles. The number of carbonyl (C=O) groups is 1. The van der Waals surface area contributed by atoms with Gasteiger partial charge in [-0.2, -0.15) is 0 Å². The number of pyridine rings is 3. The summed E-state index contributed by atoms with van der Waals surface area (Å²) in [7, 11) is 0. The number of hydrogen-bond donors (Lipinski definition) is 1. The van der Waals surface area contributed by atoms with Crippen LogP contribution in [0, 0.1) is 0 Å². The Bertz CT molecular complexity index is 4220. The molecule has 1 saturated heterocycles. The van der Waals surface area contributed by atoms with Crippen LogP contribution in [0.2, 0.25) is 0 Å². The first-order valence-electron chi connectivity index (χ1n) is 28.4. The highest BCUT2D eigenvalue weighted by molar-refractivity contribution is 5.95. The molecule has 14 nitrogen and oxygen atoms in total. The minimum absolute atomic E-state index is 0.0871. The van der Waals surface area contributed by atoms with E-state index in [1.165, 1.54) is 27.8 Å². The lowest BCUT2D eigenvalue weighted by atomic mass is 9.83. The highest BCUT2D eigenvalue weighted by atomic mass is 16.6. The van der Waals surface area contributed by atoms with E-state index in [1.54, 1.807) is 29.7 Å². The fraction of sp³-hybridized carbons (Fsp3) is 0.235. The van der Waals surface area contributed by atoms with Gasteiger partial charge in [0.2, 0.25) is 0 Å². The summed E-state index contributed by atoms with van der Waals surface area (Å²) in [4.78, 5) is 61.7. The SMILES string of the molecule is CC(C)(C)OC(=O)N1CCN(c2nc(-c3ccncc3)nc3cc(-c4cccc5c4CC[C@H](Nc4nc(-c6ccnc(C7C[C@@H](Cc8nc(-c9ccncc9)nc9ccccc89)c8ccccc87)c6)nc6ccccc46)C5)ccc23)CC1. The van der Waals surface area contributed by atoms with Gasteiger partial charge >= 0.3 is 6.09 Å². The molecule has 14 rings (SSSR count). The molecule has 0 spiro atoms. The molecule has 5 aromatic carbocycles. The van der Waals surface area contributed by atoms with Gasteiger partial charge in [0, 0.05) is 108 Å². The molecule has 1 aliphatic heterocycles. The van der Waals surface area contributed by atoms with Crippen LogP contribution in [0.5, 0.6) is 0 Å². The van der Waals surface area contributed by atoms with Crippen LogP contribution >= 0.6 is 0 Å². The third-order valence-corrected chi connectivity index (χ3v) is 16.4. The molecule has 82 heavy (non-hydrogen) atoms. The Balaban J connectivity index is 0.725. The van der Waals surface area contributed by atoms with Crippen LogP contribution in [0.15, 0.2) is 177 Å². The molecule has 404 valence electrons. The van der Waals surface area contributed by atoms with Crippen molar-refractivity contribution >= 4 is 50.4 Å². The first-order chi connectivity index (χ1) is 40.1. The number of aromatic nitrogens is 9. The third kappa shape index (κ3) is 9.98. The number of rotatable bonds is 10. The van der Waals surface area contributed by atoms with Gasteiger partial charge in [-0.25, -0.2) is 34.7 Å². The quantitative estimate of drug-likeness (QED) is 0.138. The number of ether oxygens (including phenoxy) is 1. The molecule has 1 amide bonds. The molecule has 1 fully saturated rings. The Kier molecular flexibility index (Phi) is 13.1. The number of benzene rings is 5. The number of fused-ring (bicyclic) bond motifs is 5. The van der Waals surface area contributed by atoms with Crippen LogP contribution in [-0.2, 0) is 24.0 Å². The molecular formula is C68H60N12O2. The summed E-state index contributed by atoms with van der Waals surface area (Å²) in [5.74, 6) is 4.03. The summed E-state index contributed by atoms with van der Waals surface area (Å²) < 4.78 is 5.71. The summed E-state index contributed by atoms with van der Waals surface area (Å²) in [5, 5.41) is 6.98. The summed E-state index contributed by atoms with van der Waals surface area (Å²) in [6.45, 7) is 8.01. The second kappa shape index (κ2) is 21.2. The molecule has 6 aromatic heterocycles. The van der Waals surface area contributed by atoms with Crippen molar-refractivity contribution in [3.63, 3.8) is 0 Å². The topological polar surface area (TPSA) is 161 Å². The molecule has 1 unspecified atom stereocenters. The predicted octanol–water partition coefficient (Wildman–Crippen LogP) is 13.3. The Hall–Kier alpha value is -9.56. The number of para-hydroxylation sites is 2. The maximum absolute atomic E-state index is 13.0. The largest absolute Gasteiger partial charge is 0.444 e. The van der Waals surface area contributed by atoms with Gasteiger partial charge in [-0.1, -0.05) is 78.9 Å². The summed E-state index contributed by atoms with van der Waals surface area (Å²) in [5.41, 5.74) is 14.6. The van der Waals surface area contributed by atoms with Crippen LogP contribution < -0.4 is 10.2 Å². The summed E-state index contributed by atoms with van der Waals surface area (Å²) in [6, 6.07) is 51.0. The molecule has 14 heteroatoms. The average molecular weight is 1080 g/mol. The zero-order valence-corrected chi connectivity index (χ0v) is 46.1. The van der Waals surface area contributed by atoms with Crippen LogP contribution in [0.1, 0.15) is 79.1 Å². The number of carbonyl (C=O) groups excluding carboxylic acids is 1. The van der Waals surface area contributed by atoms with Gasteiger partial charge in [0.15, 0.2) is 17.5 Å². The maximum Gasteiger partial charge on any atom is 0.410 e. The van der Waals surface area contributed by atoms with E-state index in [4.69, 9.17) is 39.6 Å². The standard InChI is InChI=1S/C68H60N12O2/c1-68(2,3)82-67(81)80-35-33-79(34-36-80)66-55-21-19-45(39-61(55)76-63(78-66)43-25-30-70-31-26-43)49-16-10-11-44-37-48(20-22-51(44)49)72-65-54-15-7-9-18-58(54)74-64(77-65)46-27-32-71-59(40-46)56-38-47(50-12-4-5-13-52(50)56)41-60-53-14-6-8-17-57(53)73-62(75-60)42-23-28-69-29-24-42/h4-19,21,23-32,39-40,47-48,56H,20,22,33-38,41H2,1-3H3,(H,72,74,77)/t47-,48-,56?/m0/s1. The molecule has 7 heterocycles. The van der Waals surface area contributed by atoms with Crippen LogP contribution in [0.4, 0.5) is 16.4 Å². The molecule has 0 saturated carbocycles. The fourth-order valence-electron chi connectivity index (χ4n) is 12.4. The monoisotopic (exact) mass is 1080 g/mol. The van der Waals surface area contributed by atoms with Crippen molar-refractivity contribution in [2.75, 3.05) is 36.4 Å². The van der Waals surface area contributed by atoms with Crippen LogP contribution in [-0.4, -0.2) is 93.7 Å². The minimum atomic E-state index is -0.557. The predicted molar refractivity (Wildman–Crippen MR) is 323 cm³/mol. The average Bonchev–Trinajstić information content (AvgIpc) is 4.03. The Morgan fingerprint density at radius 2 is 1.26 bits per heavy atom. The van der Waals surface area contributed by atoms with E-state index in [1.807, 2.05) is 69.4 Å². The van der Waals surface area contributed by atoms with E-state index in [-0.39, 0.29) is 24.0 Å². The second-order valence-corrected chi connectivity index (χ2v) is 22.8. The second-order valence-electron chi connectivity index (χ2n) is 22.8. The van der Waals surface area contributed by atoms with Crippen molar-refractivity contribution in [1.82, 2.24) is 49.8 Å². The van der Waals surface area contributed by atoms with Gasteiger partial charge in [0.1, 0.15) is 17.2 Å². The third-order valence-electron chi connectivity index (χ3n) is 16.4. The summed E-state index contributed by atoms with van der Waals surface area (Å²) in [6.07, 6.45) is 13.1. The molecule has 3 atom stereocenters. The lowest BCUT2D eigenvalue weighted by Crippen LogP contribution is -2.50. The van der Waals surface area contributed by atoms with Gasteiger partial charge in [0.05, 0.1) is 22.2 Å². The van der Waals surface area contributed by atoms with E-state index in [0.29, 0.717) is 43.7 Å². The maximum atomic E-state index is 13.0. The zero-order chi connectivity index (χ0) is 55.3. The van der Waals surface area contributed by atoms with Crippen molar-refractivity contribution < 1.29 is 9.53 Å². The van der Waals surface area contributed by atoms with Crippen molar-refractivity contribution in [1.29, 1.82) is 0 Å². The lowest BCUT2D eigenvalue weighted by molar-refractivity contribution is 0.0240. The van der Waals surface area contributed by atoms with Crippen molar-refractivity contribution in [3.05, 3.63) is 210 Å². The first-order valence-corrected chi connectivity index (χ1v) is 28.4. The van der Waals surface area contributed by atoms with Gasteiger partial charge in [0.25, 0.3) is 0 Å².